The minimum atomic E-state index is 0.0554. The number of aromatic nitrogens is 3. The third-order valence-electron chi connectivity index (χ3n) is 4.80. The van der Waals surface area contributed by atoms with E-state index in [1.54, 1.807) is 11.3 Å². The number of aryl methyl sites for hydroxylation is 1. The monoisotopic (exact) mass is 379 g/mol. The van der Waals surface area contributed by atoms with E-state index in [4.69, 9.17) is 5.73 Å². The maximum Gasteiger partial charge on any atom is 0.254 e. The van der Waals surface area contributed by atoms with Crippen molar-refractivity contribution in [2.45, 2.75) is 32.2 Å². The second-order valence-electron chi connectivity index (χ2n) is 6.71. The van der Waals surface area contributed by atoms with Crippen LogP contribution in [0.15, 0.2) is 41.9 Å². The predicted octanol–water partition coefficient (Wildman–Crippen LogP) is 3.86. The Morgan fingerprint density at radius 3 is 2.74 bits per heavy atom. The summed E-state index contributed by atoms with van der Waals surface area (Å²) in [5.74, 6) is 0.310. The molecule has 1 aromatic carbocycles. The molecular weight excluding hydrogens is 358 g/mol. The molecule has 1 aliphatic rings. The largest absolute Gasteiger partial charge is 0.368 e. The van der Waals surface area contributed by atoms with Crippen LogP contribution in [0.4, 0.5) is 5.95 Å². The number of thiazole rings is 1. The van der Waals surface area contributed by atoms with Gasteiger partial charge in [-0.2, -0.15) is 0 Å². The fraction of sp³-hybridized carbons (Fsp3) is 0.300. The van der Waals surface area contributed by atoms with Gasteiger partial charge in [-0.15, -0.1) is 11.3 Å². The van der Waals surface area contributed by atoms with Gasteiger partial charge in [0.1, 0.15) is 5.01 Å². The number of nitrogens with zero attached hydrogens (tertiary/aromatic N) is 4. The Labute approximate surface area is 162 Å². The molecule has 0 spiro atoms. The number of carbonyl (C=O) groups is 1. The van der Waals surface area contributed by atoms with Gasteiger partial charge in [-0.05, 0) is 44.4 Å². The van der Waals surface area contributed by atoms with E-state index in [1.165, 1.54) is 0 Å². The number of piperidine rings is 1. The third-order valence-corrected chi connectivity index (χ3v) is 5.68. The minimum absolute atomic E-state index is 0.0554. The van der Waals surface area contributed by atoms with Gasteiger partial charge in [-0.25, -0.2) is 15.0 Å². The first kappa shape index (κ1) is 17.6. The normalized spacial score (nSPS) is 17.1. The van der Waals surface area contributed by atoms with Crippen LogP contribution in [0.1, 0.15) is 46.4 Å². The molecule has 27 heavy (non-hydrogen) atoms. The molecule has 1 saturated heterocycles. The number of rotatable bonds is 3. The Bertz CT molecular complexity index is 919. The van der Waals surface area contributed by atoms with Gasteiger partial charge in [0.05, 0.1) is 11.7 Å². The van der Waals surface area contributed by atoms with Crippen LogP contribution >= 0.6 is 11.3 Å². The Morgan fingerprint density at radius 1 is 1.22 bits per heavy atom. The van der Waals surface area contributed by atoms with Crippen LogP contribution in [0, 0.1) is 6.92 Å². The minimum Gasteiger partial charge on any atom is -0.368 e. The van der Waals surface area contributed by atoms with Crippen molar-refractivity contribution in [1.29, 1.82) is 0 Å². The van der Waals surface area contributed by atoms with Gasteiger partial charge in [0.15, 0.2) is 0 Å². The van der Waals surface area contributed by atoms with Crippen molar-refractivity contribution in [1.82, 2.24) is 19.9 Å². The summed E-state index contributed by atoms with van der Waals surface area (Å²) in [5, 5.41) is 2.99. The summed E-state index contributed by atoms with van der Waals surface area (Å²) in [5.41, 5.74) is 8.92. The zero-order valence-electron chi connectivity index (χ0n) is 15.1. The molecular formula is C20H21N5OS. The number of hydrogen-bond donors (Lipinski definition) is 1. The van der Waals surface area contributed by atoms with Crippen LogP contribution in [0.2, 0.25) is 0 Å². The predicted molar refractivity (Wildman–Crippen MR) is 106 cm³/mol. The van der Waals surface area contributed by atoms with E-state index in [1.807, 2.05) is 53.7 Å². The molecule has 7 heteroatoms. The third kappa shape index (κ3) is 3.68. The van der Waals surface area contributed by atoms with Gasteiger partial charge in [0, 0.05) is 34.9 Å². The van der Waals surface area contributed by atoms with Crippen molar-refractivity contribution in [2.24, 2.45) is 0 Å². The number of nitrogens with two attached hydrogens (primary N) is 1. The highest BCUT2D eigenvalue weighted by Gasteiger charge is 2.30. The highest BCUT2D eigenvalue weighted by molar-refractivity contribution is 7.09. The van der Waals surface area contributed by atoms with Crippen LogP contribution in [0.5, 0.6) is 0 Å². The average molecular weight is 379 g/mol. The maximum absolute atomic E-state index is 13.1. The van der Waals surface area contributed by atoms with Crippen molar-refractivity contribution < 1.29 is 4.79 Å². The molecule has 0 aliphatic carbocycles. The highest BCUT2D eigenvalue weighted by atomic mass is 32.1. The number of anilines is 1. The first-order valence-corrected chi connectivity index (χ1v) is 9.92. The van der Waals surface area contributed by atoms with Crippen LogP contribution in [-0.4, -0.2) is 32.3 Å². The molecule has 3 aromatic rings. The standard InChI is InChI=1S/C20H21N5OS/c1-13-12-16(24-20(21)23-13)14-5-7-15(8-6-14)19(26)25-10-3-2-4-17(25)18-22-9-11-27-18/h5-9,11-12,17H,2-4,10H2,1H3,(H2,21,23,24). The Morgan fingerprint density at radius 2 is 2.04 bits per heavy atom. The first-order valence-electron chi connectivity index (χ1n) is 9.04. The zero-order valence-corrected chi connectivity index (χ0v) is 15.9. The lowest BCUT2D eigenvalue weighted by Gasteiger charge is -2.34. The number of hydrogen-bond acceptors (Lipinski definition) is 6. The molecule has 1 fully saturated rings. The molecule has 0 bridgehead atoms. The van der Waals surface area contributed by atoms with Crippen molar-refractivity contribution in [3.63, 3.8) is 0 Å². The number of amides is 1. The lowest BCUT2D eigenvalue weighted by molar-refractivity contribution is 0.0611. The van der Waals surface area contributed by atoms with Crippen LogP contribution < -0.4 is 5.73 Å². The van der Waals surface area contributed by atoms with Crippen molar-refractivity contribution in [3.05, 3.63) is 58.2 Å². The molecule has 138 valence electrons. The summed E-state index contributed by atoms with van der Waals surface area (Å²) >= 11 is 1.62. The first-order chi connectivity index (χ1) is 13.1. The Kier molecular flexibility index (Phi) is 4.85. The van der Waals surface area contributed by atoms with Crippen LogP contribution in [0.3, 0.4) is 0 Å². The van der Waals surface area contributed by atoms with E-state index in [9.17, 15) is 4.79 Å². The van der Waals surface area contributed by atoms with Gasteiger partial charge in [0.25, 0.3) is 5.91 Å². The van der Waals surface area contributed by atoms with E-state index < -0.39 is 0 Å². The summed E-state index contributed by atoms with van der Waals surface area (Å²) < 4.78 is 0. The summed E-state index contributed by atoms with van der Waals surface area (Å²) in [7, 11) is 0. The van der Waals surface area contributed by atoms with Gasteiger partial charge < -0.3 is 10.6 Å². The molecule has 6 nitrogen and oxygen atoms in total. The fourth-order valence-electron chi connectivity index (χ4n) is 3.52. The van der Waals surface area contributed by atoms with Gasteiger partial charge in [-0.1, -0.05) is 12.1 Å². The summed E-state index contributed by atoms with van der Waals surface area (Å²) in [4.78, 5) is 27.9. The summed E-state index contributed by atoms with van der Waals surface area (Å²) in [6.07, 6.45) is 4.94. The number of benzene rings is 1. The van der Waals surface area contributed by atoms with Crippen LogP contribution in [0.25, 0.3) is 11.3 Å². The summed E-state index contributed by atoms with van der Waals surface area (Å²) in [6.45, 7) is 2.65. The quantitative estimate of drug-likeness (QED) is 0.747. The van der Waals surface area contributed by atoms with Crippen molar-refractivity contribution in [2.75, 3.05) is 12.3 Å². The lowest BCUT2D eigenvalue weighted by atomic mass is 10.0. The number of likely N-dealkylation sites (tertiary alicyclic amines) is 1. The molecule has 1 aliphatic heterocycles. The van der Waals surface area contributed by atoms with Crippen LogP contribution in [-0.2, 0) is 0 Å². The molecule has 2 N–H and O–H groups in total. The summed E-state index contributed by atoms with van der Waals surface area (Å²) in [6, 6.07) is 9.51. The van der Waals surface area contributed by atoms with Crippen molar-refractivity contribution in [3.8, 4) is 11.3 Å². The topological polar surface area (TPSA) is 85.0 Å². The van der Waals surface area contributed by atoms with E-state index in [-0.39, 0.29) is 17.9 Å². The van der Waals surface area contributed by atoms with Gasteiger partial charge >= 0.3 is 0 Å². The zero-order chi connectivity index (χ0) is 18.8. The number of nitrogen functional groups attached to an aromatic ring is 1. The second-order valence-corrected chi connectivity index (χ2v) is 7.64. The molecule has 0 saturated carbocycles. The maximum atomic E-state index is 13.1. The molecule has 1 unspecified atom stereocenters. The molecule has 3 heterocycles. The Hall–Kier alpha value is -2.80. The fourth-order valence-corrected chi connectivity index (χ4v) is 4.30. The number of carbonyl (C=O) groups excluding carboxylic acids is 1. The SMILES string of the molecule is Cc1cc(-c2ccc(C(=O)N3CCCCC3c3nccs3)cc2)nc(N)n1. The smallest absolute Gasteiger partial charge is 0.254 e. The van der Waals surface area contributed by atoms with Crippen molar-refractivity contribution >= 4 is 23.2 Å². The average Bonchev–Trinajstić information content (AvgIpc) is 3.21. The van der Waals surface area contributed by atoms with E-state index in [0.29, 0.717) is 5.56 Å². The highest BCUT2D eigenvalue weighted by Crippen LogP contribution is 2.33. The Balaban J connectivity index is 1.58. The van der Waals surface area contributed by atoms with Gasteiger partial charge in [-0.3, -0.25) is 4.79 Å². The lowest BCUT2D eigenvalue weighted by Crippen LogP contribution is -2.38. The molecule has 0 radical (unpaired) electrons. The van der Waals surface area contributed by atoms with Gasteiger partial charge in [0.2, 0.25) is 5.95 Å². The molecule has 1 atom stereocenters. The molecule has 1 amide bonds. The molecule has 2 aromatic heterocycles. The second kappa shape index (κ2) is 7.44. The van der Waals surface area contributed by atoms with E-state index >= 15 is 0 Å². The molecule has 4 rings (SSSR count). The van der Waals surface area contributed by atoms with E-state index in [2.05, 4.69) is 15.0 Å². The van der Waals surface area contributed by atoms with E-state index in [0.717, 1.165) is 47.8 Å².